The van der Waals surface area contributed by atoms with Crippen molar-refractivity contribution >= 4 is 32.6 Å². The average Bonchev–Trinajstić information content (AvgIpc) is 3.10. The molecule has 1 amide bonds. The van der Waals surface area contributed by atoms with Gasteiger partial charge in [0.05, 0.1) is 17.3 Å². The largest absolute Gasteiger partial charge is 0.479 e. The number of aromatic nitrogens is 3. The molecule has 114 valence electrons. The third-order valence-electron chi connectivity index (χ3n) is 3.29. The molecule has 2 heterocycles. The van der Waals surface area contributed by atoms with Crippen molar-refractivity contribution < 1.29 is 9.53 Å². The topological polar surface area (TPSA) is 60.2 Å². The fourth-order valence-corrected chi connectivity index (χ4v) is 3.28. The lowest BCUT2D eigenvalue weighted by molar-refractivity contribution is 0.0985. The first-order chi connectivity index (χ1) is 10.6. The molecule has 0 saturated heterocycles. The minimum absolute atomic E-state index is 0.161. The maximum atomic E-state index is 12.8. The number of nitrogens with zero attached hydrogens (tertiary/aromatic N) is 4. The highest BCUT2D eigenvalue weighted by Crippen LogP contribution is 2.30. The van der Waals surface area contributed by atoms with Gasteiger partial charge in [-0.15, -0.1) is 5.10 Å². The maximum absolute atomic E-state index is 12.8. The van der Waals surface area contributed by atoms with Crippen molar-refractivity contribution in [1.29, 1.82) is 0 Å². The highest BCUT2D eigenvalue weighted by molar-refractivity contribution is 7.22. The minimum atomic E-state index is -0.161. The Morgan fingerprint density at radius 3 is 2.86 bits per heavy atom. The molecule has 6 nitrogen and oxygen atoms in total. The summed E-state index contributed by atoms with van der Waals surface area (Å²) in [5.41, 5.74) is 1.33. The number of benzene rings is 1. The third kappa shape index (κ3) is 2.43. The summed E-state index contributed by atoms with van der Waals surface area (Å²) >= 11 is 1.50. The van der Waals surface area contributed by atoms with Crippen LogP contribution in [0.15, 0.2) is 30.5 Å². The van der Waals surface area contributed by atoms with Gasteiger partial charge < -0.3 is 4.74 Å². The number of carbonyl (C=O) groups is 1. The lowest BCUT2D eigenvalue weighted by atomic mass is 10.3. The van der Waals surface area contributed by atoms with Crippen LogP contribution in [0.3, 0.4) is 0 Å². The molecule has 0 fully saturated rings. The number of hydrogen-bond acceptors (Lipinski definition) is 5. The number of rotatable bonds is 4. The summed E-state index contributed by atoms with van der Waals surface area (Å²) in [6.07, 6.45) is 1.66. The molecule has 0 atom stereocenters. The van der Waals surface area contributed by atoms with Crippen LogP contribution in [0.4, 0.5) is 5.13 Å². The molecule has 2 aromatic heterocycles. The van der Waals surface area contributed by atoms with E-state index in [1.54, 1.807) is 22.8 Å². The summed E-state index contributed by atoms with van der Waals surface area (Å²) in [5.74, 6) is 0.165. The predicted octanol–water partition coefficient (Wildman–Crippen LogP) is 2.71. The van der Waals surface area contributed by atoms with Crippen LogP contribution in [-0.4, -0.2) is 34.3 Å². The van der Waals surface area contributed by atoms with Gasteiger partial charge >= 0.3 is 0 Å². The molecule has 0 saturated carbocycles. The zero-order chi connectivity index (χ0) is 15.7. The molecule has 0 aliphatic rings. The lowest BCUT2D eigenvalue weighted by Gasteiger charge is -2.16. The maximum Gasteiger partial charge on any atom is 0.267 e. The molecule has 0 unspecified atom stereocenters. The van der Waals surface area contributed by atoms with Crippen molar-refractivity contribution in [2.45, 2.75) is 6.92 Å². The Balaban J connectivity index is 2.01. The fraction of sp³-hybridized carbons (Fsp3) is 0.267. The van der Waals surface area contributed by atoms with Crippen LogP contribution >= 0.6 is 11.3 Å². The highest BCUT2D eigenvalue weighted by atomic mass is 32.1. The van der Waals surface area contributed by atoms with Crippen molar-refractivity contribution in [3.63, 3.8) is 0 Å². The van der Waals surface area contributed by atoms with Gasteiger partial charge in [0.25, 0.3) is 5.91 Å². The van der Waals surface area contributed by atoms with E-state index in [4.69, 9.17) is 4.74 Å². The van der Waals surface area contributed by atoms with Gasteiger partial charge in [-0.25, -0.2) is 4.98 Å². The first-order valence-corrected chi connectivity index (χ1v) is 7.70. The number of para-hydroxylation sites is 1. The van der Waals surface area contributed by atoms with E-state index in [1.165, 1.54) is 18.4 Å². The Kier molecular flexibility index (Phi) is 3.81. The van der Waals surface area contributed by atoms with Crippen molar-refractivity contribution in [3.8, 4) is 5.88 Å². The number of thiazole rings is 1. The van der Waals surface area contributed by atoms with Gasteiger partial charge in [0, 0.05) is 19.8 Å². The molecule has 0 aliphatic carbocycles. The molecular formula is C15H16N4O2S. The third-order valence-corrected chi connectivity index (χ3v) is 4.35. The van der Waals surface area contributed by atoms with Gasteiger partial charge in [0.2, 0.25) is 5.88 Å². The summed E-state index contributed by atoms with van der Waals surface area (Å²) in [6, 6.07) is 7.85. The lowest BCUT2D eigenvalue weighted by Crippen LogP contribution is -2.30. The van der Waals surface area contributed by atoms with Gasteiger partial charge in [-0.1, -0.05) is 23.5 Å². The zero-order valence-electron chi connectivity index (χ0n) is 12.6. The fourth-order valence-electron chi connectivity index (χ4n) is 2.25. The van der Waals surface area contributed by atoms with Gasteiger partial charge in [0.1, 0.15) is 5.56 Å². The molecule has 3 rings (SSSR count). The molecule has 7 heteroatoms. The summed E-state index contributed by atoms with van der Waals surface area (Å²) in [5, 5.41) is 4.81. The Morgan fingerprint density at radius 2 is 2.18 bits per heavy atom. The Morgan fingerprint density at radius 1 is 1.41 bits per heavy atom. The standard InChI is InChI=1S/C15H16N4O2S/c1-4-19(14(20)10-9-18(2)17-13(10)21-3)15-16-11-7-5-6-8-12(11)22-15/h5-9H,4H2,1-3H3. The smallest absolute Gasteiger partial charge is 0.267 e. The van der Waals surface area contributed by atoms with Crippen LogP contribution in [-0.2, 0) is 7.05 Å². The number of hydrogen-bond donors (Lipinski definition) is 0. The zero-order valence-corrected chi connectivity index (χ0v) is 13.4. The van der Waals surface area contributed by atoms with E-state index in [0.29, 0.717) is 23.1 Å². The van der Waals surface area contributed by atoms with E-state index in [1.807, 2.05) is 31.2 Å². The minimum Gasteiger partial charge on any atom is -0.479 e. The molecular weight excluding hydrogens is 300 g/mol. The number of amides is 1. The Bertz CT molecular complexity index is 791. The number of ether oxygens (including phenoxy) is 1. The van der Waals surface area contributed by atoms with Gasteiger partial charge in [0.15, 0.2) is 5.13 Å². The summed E-state index contributed by atoms with van der Waals surface area (Å²) in [4.78, 5) is 19.0. The van der Waals surface area contributed by atoms with Crippen LogP contribution < -0.4 is 9.64 Å². The monoisotopic (exact) mass is 316 g/mol. The second-order valence-electron chi connectivity index (χ2n) is 4.74. The SMILES string of the molecule is CCN(C(=O)c1cn(C)nc1OC)c1nc2ccccc2s1. The van der Waals surface area contributed by atoms with Gasteiger partial charge in [-0.05, 0) is 19.1 Å². The van der Waals surface area contributed by atoms with Crippen molar-refractivity contribution in [2.75, 3.05) is 18.6 Å². The van der Waals surface area contributed by atoms with E-state index >= 15 is 0 Å². The van der Waals surface area contributed by atoms with E-state index in [9.17, 15) is 4.79 Å². The van der Waals surface area contributed by atoms with Crippen LogP contribution in [0.1, 0.15) is 17.3 Å². The molecule has 0 N–H and O–H groups in total. The number of carbonyl (C=O) groups excluding carboxylic acids is 1. The number of anilines is 1. The van der Waals surface area contributed by atoms with Crippen molar-refractivity contribution in [1.82, 2.24) is 14.8 Å². The van der Waals surface area contributed by atoms with E-state index in [0.717, 1.165) is 10.2 Å². The molecule has 1 aromatic carbocycles. The Hall–Kier alpha value is -2.41. The summed E-state index contributed by atoms with van der Waals surface area (Å²) in [6.45, 7) is 2.45. The van der Waals surface area contributed by atoms with E-state index in [-0.39, 0.29) is 5.91 Å². The average molecular weight is 316 g/mol. The molecule has 0 aliphatic heterocycles. The quantitative estimate of drug-likeness (QED) is 0.742. The van der Waals surface area contributed by atoms with Crippen LogP contribution in [0.5, 0.6) is 5.88 Å². The molecule has 0 bridgehead atoms. The second-order valence-corrected chi connectivity index (χ2v) is 5.75. The highest BCUT2D eigenvalue weighted by Gasteiger charge is 2.24. The Labute approximate surface area is 131 Å². The molecule has 22 heavy (non-hydrogen) atoms. The normalized spacial score (nSPS) is 10.9. The molecule has 3 aromatic rings. The number of methoxy groups -OCH3 is 1. The first kappa shape index (κ1) is 14.5. The van der Waals surface area contributed by atoms with Gasteiger partial charge in [-0.3, -0.25) is 14.4 Å². The van der Waals surface area contributed by atoms with Gasteiger partial charge in [-0.2, -0.15) is 0 Å². The summed E-state index contributed by atoms with van der Waals surface area (Å²) in [7, 11) is 3.26. The van der Waals surface area contributed by atoms with E-state index < -0.39 is 0 Å². The number of fused-ring (bicyclic) bond motifs is 1. The molecule has 0 spiro atoms. The molecule has 0 radical (unpaired) electrons. The van der Waals surface area contributed by atoms with Crippen molar-refractivity contribution in [3.05, 3.63) is 36.0 Å². The summed E-state index contributed by atoms with van der Waals surface area (Å²) < 4.78 is 7.81. The van der Waals surface area contributed by atoms with Crippen LogP contribution in [0.25, 0.3) is 10.2 Å². The van der Waals surface area contributed by atoms with E-state index in [2.05, 4.69) is 10.1 Å². The number of aryl methyl sites for hydroxylation is 1. The van der Waals surface area contributed by atoms with Crippen LogP contribution in [0.2, 0.25) is 0 Å². The second kappa shape index (κ2) is 5.76. The first-order valence-electron chi connectivity index (χ1n) is 6.89. The predicted molar refractivity (Wildman–Crippen MR) is 86.7 cm³/mol. The van der Waals surface area contributed by atoms with Crippen molar-refractivity contribution in [2.24, 2.45) is 7.05 Å². The van der Waals surface area contributed by atoms with Crippen LogP contribution in [0, 0.1) is 0 Å².